The lowest BCUT2D eigenvalue weighted by atomic mass is 9.96. The van der Waals surface area contributed by atoms with Crippen LogP contribution in [0.5, 0.6) is 0 Å². The first-order valence-electron chi connectivity index (χ1n) is 10.6. The molecule has 3 rings (SSSR count). The minimum Gasteiger partial charge on any atom is -0.300 e. The van der Waals surface area contributed by atoms with Gasteiger partial charge >= 0.3 is 0 Å². The maximum absolute atomic E-state index is 12.1. The molecular formula is C25H30N4O. The number of allylic oxidation sites excluding steroid dienone is 4. The lowest BCUT2D eigenvalue weighted by Gasteiger charge is -2.30. The van der Waals surface area contributed by atoms with Gasteiger partial charge in [-0.25, -0.2) is 10.0 Å². The predicted octanol–water partition coefficient (Wildman–Crippen LogP) is 5.02. The van der Waals surface area contributed by atoms with Crippen molar-refractivity contribution in [1.29, 1.82) is 5.41 Å². The van der Waals surface area contributed by atoms with E-state index in [4.69, 9.17) is 5.41 Å². The Morgan fingerprint density at radius 3 is 2.57 bits per heavy atom. The Labute approximate surface area is 179 Å². The van der Waals surface area contributed by atoms with E-state index in [2.05, 4.69) is 36.7 Å². The van der Waals surface area contributed by atoms with E-state index in [9.17, 15) is 4.79 Å². The van der Waals surface area contributed by atoms with Gasteiger partial charge in [-0.1, -0.05) is 80.1 Å². The van der Waals surface area contributed by atoms with Gasteiger partial charge in [0.15, 0.2) is 0 Å². The van der Waals surface area contributed by atoms with Gasteiger partial charge < -0.3 is 0 Å². The molecule has 1 amide bonds. The Morgan fingerprint density at radius 1 is 1.10 bits per heavy atom. The van der Waals surface area contributed by atoms with Crippen molar-refractivity contribution in [3.63, 3.8) is 0 Å². The lowest BCUT2D eigenvalue weighted by Crippen LogP contribution is -2.50. The molecule has 0 unspecified atom stereocenters. The zero-order chi connectivity index (χ0) is 21.2. The number of nitrogens with one attached hydrogen (secondary N) is 2. The Bertz CT molecular complexity index is 904. The predicted molar refractivity (Wildman–Crippen MR) is 123 cm³/mol. The van der Waals surface area contributed by atoms with Crippen LogP contribution in [-0.4, -0.2) is 23.7 Å². The molecule has 1 aliphatic carbocycles. The quantitative estimate of drug-likeness (QED) is 0.315. The molecule has 0 bridgehead atoms. The van der Waals surface area contributed by atoms with E-state index in [0.717, 1.165) is 49.8 Å². The summed E-state index contributed by atoms with van der Waals surface area (Å²) in [4.78, 5) is 12.1. The fourth-order valence-electron chi connectivity index (χ4n) is 3.45. The molecule has 0 saturated carbocycles. The van der Waals surface area contributed by atoms with Gasteiger partial charge in [-0.05, 0) is 36.5 Å². The van der Waals surface area contributed by atoms with Crippen LogP contribution >= 0.6 is 0 Å². The Morgan fingerprint density at radius 2 is 1.87 bits per heavy atom. The Hall–Kier alpha value is -3.02. The van der Waals surface area contributed by atoms with Crippen LogP contribution in [-0.2, 0) is 11.3 Å². The molecular weight excluding hydrogens is 372 g/mol. The monoisotopic (exact) mass is 402 g/mol. The van der Waals surface area contributed by atoms with Crippen molar-refractivity contribution in [1.82, 2.24) is 10.5 Å². The summed E-state index contributed by atoms with van der Waals surface area (Å²) in [6.07, 6.45) is 11.0. The van der Waals surface area contributed by atoms with Gasteiger partial charge in [0.2, 0.25) is 6.41 Å². The van der Waals surface area contributed by atoms with Gasteiger partial charge in [-0.3, -0.25) is 10.2 Å². The van der Waals surface area contributed by atoms with Crippen LogP contribution in [0.2, 0.25) is 0 Å². The summed E-state index contributed by atoms with van der Waals surface area (Å²) in [6, 6.07) is 17.8. The molecule has 0 aromatic heterocycles. The molecule has 0 fully saturated rings. The second-order valence-electron chi connectivity index (χ2n) is 7.37. The largest absolute Gasteiger partial charge is 0.300 e. The Balaban J connectivity index is 1.83. The number of nitrogens with zero attached hydrogens (tertiary/aromatic N) is 2. The molecule has 5 nitrogen and oxygen atoms in total. The molecule has 156 valence electrons. The minimum atomic E-state index is 0.429. The lowest BCUT2D eigenvalue weighted by molar-refractivity contribution is -0.109. The fourth-order valence-corrected chi connectivity index (χ4v) is 3.45. The van der Waals surface area contributed by atoms with Crippen LogP contribution in [0, 0.1) is 5.41 Å². The molecule has 5 heteroatoms. The second-order valence-corrected chi connectivity index (χ2v) is 7.37. The Kier molecular flexibility index (Phi) is 8.12. The van der Waals surface area contributed by atoms with Crippen LogP contribution in [0.1, 0.15) is 43.7 Å². The van der Waals surface area contributed by atoms with Gasteiger partial charge in [-0.15, -0.1) is 0 Å². The van der Waals surface area contributed by atoms with E-state index in [1.54, 1.807) is 0 Å². The van der Waals surface area contributed by atoms with Crippen molar-refractivity contribution in [2.75, 3.05) is 11.6 Å². The van der Waals surface area contributed by atoms with Crippen molar-refractivity contribution >= 4 is 17.8 Å². The smallest absolute Gasteiger partial charge is 0.229 e. The average molecular weight is 403 g/mol. The summed E-state index contributed by atoms with van der Waals surface area (Å²) in [7, 11) is 0. The van der Waals surface area contributed by atoms with Gasteiger partial charge in [0, 0.05) is 18.7 Å². The van der Waals surface area contributed by atoms with Crippen LogP contribution in [0.15, 0.2) is 78.4 Å². The highest BCUT2D eigenvalue weighted by molar-refractivity contribution is 6.16. The molecule has 0 heterocycles. The number of amides is 1. The maximum atomic E-state index is 12.1. The van der Waals surface area contributed by atoms with E-state index < -0.39 is 0 Å². The normalized spacial score (nSPS) is 13.2. The number of carbonyl (C=O) groups excluding carboxylic acids is 1. The summed E-state index contributed by atoms with van der Waals surface area (Å²) in [5.74, 6) is 0. The highest BCUT2D eigenvalue weighted by Gasteiger charge is 2.18. The maximum Gasteiger partial charge on any atom is 0.229 e. The molecule has 0 spiro atoms. The van der Waals surface area contributed by atoms with E-state index in [1.165, 1.54) is 10.6 Å². The summed E-state index contributed by atoms with van der Waals surface area (Å²) in [5.41, 5.74) is 7.16. The van der Waals surface area contributed by atoms with Gasteiger partial charge in [0.1, 0.15) is 0 Å². The third-order valence-electron chi connectivity index (χ3n) is 5.07. The van der Waals surface area contributed by atoms with Gasteiger partial charge in [0.25, 0.3) is 0 Å². The van der Waals surface area contributed by atoms with Crippen LogP contribution in [0.25, 0.3) is 0 Å². The molecule has 1 aliphatic rings. The molecule has 30 heavy (non-hydrogen) atoms. The number of rotatable bonds is 11. The highest BCUT2D eigenvalue weighted by Crippen LogP contribution is 2.24. The zero-order valence-corrected chi connectivity index (χ0v) is 17.6. The van der Waals surface area contributed by atoms with E-state index in [1.807, 2.05) is 53.5 Å². The van der Waals surface area contributed by atoms with E-state index in [-0.39, 0.29) is 0 Å². The number of carbonyl (C=O) groups is 1. The zero-order valence-electron chi connectivity index (χ0n) is 17.6. The number of hydrogen-bond donors (Lipinski definition) is 2. The molecule has 0 saturated heterocycles. The van der Waals surface area contributed by atoms with Crippen molar-refractivity contribution in [3.8, 4) is 0 Å². The topological polar surface area (TPSA) is 59.4 Å². The third-order valence-corrected chi connectivity index (χ3v) is 5.07. The van der Waals surface area contributed by atoms with E-state index >= 15 is 0 Å². The number of para-hydroxylation sites is 1. The standard InChI is InChI=1S/C25H30N4O/c1-2-3-18-28(19-21-12-6-4-7-13-21)27-29(20-30)24-17-11-10-16-23(24)25(26)22-14-8-5-9-15-22/h4,6-8,10-17,20,26-27H,2-3,5,9,18-19H2,1H3. The number of hydrogen-bond acceptors (Lipinski definition) is 4. The summed E-state index contributed by atoms with van der Waals surface area (Å²) in [6.45, 7) is 3.64. The van der Waals surface area contributed by atoms with Crippen molar-refractivity contribution < 1.29 is 4.79 Å². The summed E-state index contributed by atoms with van der Waals surface area (Å²) >= 11 is 0. The van der Waals surface area contributed by atoms with Crippen LogP contribution < -0.4 is 10.5 Å². The van der Waals surface area contributed by atoms with E-state index in [0.29, 0.717) is 17.9 Å². The molecule has 2 aromatic rings. The summed E-state index contributed by atoms with van der Waals surface area (Å²) < 4.78 is 0. The van der Waals surface area contributed by atoms with Crippen LogP contribution in [0.3, 0.4) is 0 Å². The van der Waals surface area contributed by atoms with Crippen molar-refractivity contribution in [2.24, 2.45) is 0 Å². The van der Waals surface area contributed by atoms with Crippen molar-refractivity contribution in [2.45, 2.75) is 39.2 Å². The van der Waals surface area contributed by atoms with Crippen molar-refractivity contribution in [3.05, 3.63) is 89.5 Å². The van der Waals surface area contributed by atoms with Gasteiger partial charge in [0.05, 0.1) is 11.4 Å². The summed E-state index contributed by atoms with van der Waals surface area (Å²) in [5, 5.41) is 12.2. The molecule has 0 atom stereocenters. The molecule has 2 aromatic carbocycles. The highest BCUT2D eigenvalue weighted by atomic mass is 16.2. The molecule has 2 N–H and O–H groups in total. The third kappa shape index (κ3) is 5.75. The number of hydrazine groups is 2. The van der Waals surface area contributed by atoms with Gasteiger partial charge in [-0.2, -0.15) is 5.53 Å². The molecule has 0 aliphatic heterocycles. The first kappa shape index (κ1) is 21.7. The number of unbranched alkanes of at least 4 members (excludes halogenated alkanes) is 1. The average Bonchev–Trinajstić information content (AvgIpc) is 2.81. The first-order valence-corrected chi connectivity index (χ1v) is 10.6. The van der Waals surface area contributed by atoms with Crippen LogP contribution in [0.4, 0.5) is 5.69 Å². The minimum absolute atomic E-state index is 0.429. The first-order chi connectivity index (χ1) is 14.7. The molecule has 0 radical (unpaired) electrons. The number of anilines is 1. The SMILES string of the molecule is CCCCN(Cc1ccccc1)NN(C=O)c1ccccc1C(=N)C1=CCCC=C1. The second kappa shape index (κ2) is 11.2. The fraction of sp³-hybridized carbons (Fsp3) is 0.280. The number of benzene rings is 2.